The lowest BCUT2D eigenvalue weighted by Crippen LogP contribution is -2.29. The Bertz CT molecular complexity index is 1090. The Morgan fingerprint density at radius 2 is 1.68 bits per heavy atom. The van der Waals surface area contributed by atoms with E-state index >= 15 is 0 Å². The molecular weight excluding hydrogens is 375 g/mol. The minimum Gasteiger partial charge on any atom is -0.404 e. The smallest absolute Gasteiger partial charge is 0.404 e. The quantitative estimate of drug-likeness (QED) is 0.726. The van der Waals surface area contributed by atoms with Gasteiger partial charge in [-0.1, -0.05) is 30.3 Å². The van der Waals surface area contributed by atoms with Gasteiger partial charge in [0.05, 0.1) is 17.1 Å². The number of carbonyl (C=O) groups excluding carboxylic acids is 1. The number of amides is 1. The van der Waals surface area contributed by atoms with Gasteiger partial charge in [-0.05, 0) is 32.0 Å². The fraction of sp³-hybridized carbons (Fsp3) is 0.211. The van der Waals surface area contributed by atoms with E-state index in [1.54, 1.807) is 38.1 Å². The number of nitrogens with one attached hydrogen (secondary N) is 1. The number of hydrogen-bond donors (Lipinski definition) is 1. The molecule has 1 heterocycles. The van der Waals surface area contributed by atoms with Gasteiger partial charge in [-0.25, -0.2) is 4.68 Å². The molecule has 0 saturated carbocycles. The number of fused-ring (bicyclic) bond motifs is 1. The number of aromatic nitrogens is 2. The number of carbonyl (C=O) groups is 1. The average molecular weight is 391 g/mol. The summed E-state index contributed by atoms with van der Waals surface area (Å²) in [6, 6.07) is 11.3. The second kappa shape index (κ2) is 7.34. The Balaban J connectivity index is 2.06. The number of anilines is 1. The van der Waals surface area contributed by atoms with Crippen LogP contribution in [0.1, 0.15) is 30.4 Å². The summed E-state index contributed by atoms with van der Waals surface area (Å²) >= 11 is 0. The molecule has 146 valence electrons. The molecule has 0 bridgehead atoms. The number of alkyl halides is 3. The molecule has 3 rings (SSSR count). The molecule has 3 aromatic rings. The van der Waals surface area contributed by atoms with Gasteiger partial charge in [-0.2, -0.15) is 5.10 Å². The third-order valence-electron chi connectivity index (χ3n) is 3.89. The Morgan fingerprint density at radius 1 is 1.07 bits per heavy atom. The molecule has 0 aliphatic rings. The van der Waals surface area contributed by atoms with E-state index in [0.717, 1.165) is 10.7 Å². The van der Waals surface area contributed by atoms with Crippen LogP contribution in [0.5, 0.6) is 5.75 Å². The largest absolute Gasteiger partial charge is 0.573 e. The molecule has 0 unspecified atom stereocenters. The maximum absolute atomic E-state index is 12.8. The van der Waals surface area contributed by atoms with Crippen molar-refractivity contribution in [3.63, 3.8) is 0 Å². The molecule has 0 spiro atoms. The molecule has 1 amide bonds. The minimum absolute atomic E-state index is 0.0780. The van der Waals surface area contributed by atoms with Crippen molar-refractivity contribution >= 4 is 22.4 Å². The normalized spacial score (nSPS) is 11.6. The molecule has 0 aliphatic heterocycles. The number of benzene rings is 2. The number of para-hydroxylation sites is 2. The molecule has 28 heavy (non-hydrogen) atoms. The van der Waals surface area contributed by atoms with E-state index in [0.29, 0.717) is 5.39 Å². The van der Waals surface area contributed by atoms with Crippen LogP contribution in [-0.2, 0) is 0 Å². The SMILES string of the molecule is CC(C)n1nc(C(=O)Nc2ccccc2OC(F)(F)F)c2ccccc2c1=O. The van der Waals surface area contributed by atoms with Crippen molar-refractivity contribution in [2.45, 2.75) is 26.3 Å². The number of hydrogen-bond acceptors (Lipinski definition) is 4. The summed E-state index contributed by atoms with van der Waals surface area (Å²) in [6.45, 7) is 3.47. The predicted molar refractivity (Wildman–Crippen MR) is 97.5 cm³/mol. The molecule has 0 saturated heterocycles. The molecule has 0 radical (unpaired) electrons. The van der Waals surface area contributed by atoms with E-state index < -0.39 is 18.0 Å². The summed E-state index contributed by atoms with van der Waals surface area (Å²) in [7, 11) is 0. The lowest BCUT2D eigenvalue weighted by Gasteiger charge is -2.15. The lowest BCUT2D eigenvalue weighted by molar-refractivity contribution is -0.274. The van der Waals surface area contributed by atoms with E-state index in [9.17, 15) is 22.8 Å². The summed E-state index contributed by atoms with van der Waals surface area (Å²) in [5, 5.41) is 7.10. The molecule has 0 fully saturated rings. The third-order valence-corrected chi connectivity index (χ3v) is 3.89. The monoisotopic (exact) mass is 391 g/mol. The van der Waals surface area contributed by atoms with Gasteiger partial charge in [0.2, 0.25) is 0 Å². The highest BCUT2D eigenvalue weighted by Gasteiger charge is 2.32. The van der Waals surface area contributed by atoms with Crippen molar-refractivity contribution in [2.24, 2.45) is 0 Å². The Labute approximate surface area is 157 Å². The molecule has 1 N–H and O–H groups in total. The van der Waals surface area contributed by atoms with Crippen molar-refractivity contribution < 1.29 is 22.7 Å². The van der Waals surface area contributed by atoms with Gasteiger partial charge in [-0.3, -0.25) is 9.59 Å². The van der Waals surface area contributed by atoms with Gasteiger partial charge >= 0.3 is 6.36 Å². The first kappa shape index (κ1) is 19.4. The zero-order chi connectivity index (χ0) is 20.5. The highest BCUT2D eigenvalue weighted by Crippen LogP contribution is 2.30. The van der Waals surface area contributed by atoms with Crippen molar-refractivity contribution in [2.75, 3.05) is 5.32 Å². The highest BCUT2D eigenvalue weighted by atomic mass is 19.4. The van der Waals surface area contributed by atoms with Crippen molar-refractivity contribution in [1.82, 2.24) is 9.78 Å². The zero-order valence-corrected chi connectivity index (χ0v) is 14.9. The van der Waals surface area contributed by atoms with Crippen LogP contribution in [0, 0.1) is 0 Å². The number of rotatable bonds is 4. The van der Waals surface area contributed by atoms with Crippen LogP contribution in [-0.4, -0.2) is 22.1 Å². The highest BCUT2D eigenvalue weighted by molar-refractivity contribution is 6.11. The van der Waals surface area contributed by atoms with E-state index in [1.807, 2.05) is 0 Å². The van der Waals surface area contributed by atoms with Gasteiger partial charge in [0.1, 0.15) is 0 Å². The fourth-order valence-electron chi connectivity index (χ4n) is 2.69. The summed E-state index contributed by atoms with van der Waals surface area (Å²) in [5.74, 6) is -1.31. The van der Waals surface area contributed by atoms with Gasteiger partial charge in [0.15, 0.2) is 11.4 Å². The van der Waals surface area contributed by atoms with Gasteiger partial charge in [0.25, 0.3) is 11.5 Å². The fourth-order valence-corrected chi connectivity index (χ4v) is 2.69. The lowest BCUT2D eigenvalue weighted by atomic mass is 10.1. The predicted octanol–water partition coefficient (Wildman–Crippen LogP) is 4.13. The number of halogens is 3. The summed E-state index contributed by atoms with van der Waals surface area (Å²) in [5.41, 5.74) is -0.605. The Hall–Kier alpha value is -3.36. The van der Waals surface area contributed by atoms with E-state index in [1.165, 1.54) is 18.2 Å². The first-order valence-electron chi connectivity index (χ1n) is 8.35. The van der Waals surface area contributed by atoms with E-state index in [2.05, 4.69) is 15.2 Å². The van der Waals surface area contributed by atoms with Crippen LogP contribution >= 0.6 is 0 Å². The van der Waals surface area contributed by atoms with Crippen LogP contribution in [0.25, 0.3) is 10.8 Å². The number of ether oxygens (including phenoxy) is 1. The standard InChI is InChI=1S/C19H16F3N3O3/c1-11(2)25-18(27)13-8-4-3-7-12(13)16(24-25)17(26)23-14-9-5-6-10-15(14)28-19(20,21)22/h3-11H,1-2H3,(H,23,26). The molecule has 2 aromatic carbocycles. The number of nitrogens with zero attached hydrogens (tertiary/aromatic N) is 2. The first-order valence-corrected chi connectivity index (χ1v) is 8.35. The van der Waals surface area contributed by atoms with E-state index in [-0.39, 0.29) is 28.4 Å². The Kier molecular flexibility index (Phi) is 5.08. The van der Waals surface area contributed by atoms with Crippen LogP contribution in [0.4, 0.5) is 18.9 Å². The Morgan fingerprint density at radius 3 is 2.32 bits per heavy atom. The summed E-state index contributed by atoms with van der Waals surface area (Å²) < 4.78 is 42.9. The van der Waals surface area contributed by atoms with Crippen LogP contribution < -0.4 is 15.6 Å². The summed E-state index contributed by atoms with van der Waals surface area (Å²) in [6.07, 6.45) is -4.91. The van der Waals surface area contributed by atoms with Gasteiger partial charge < -0.3 is 10.1 Å². The zero-order valence-electron chi connectivity index (χ0n) is 14.9. The van der Waals surface area contributed by atoms with Gasteiger partial charge in [0, 0.05) is 5.39 Å². The minimum atomic E-state index is -4.91. The topological polar surface area (TPSA) is 73.2 Å². The second-order valence-corrected chi connectivity index (χ2v) is 6.24. The molecule has 1 aromatic heterocycles. The summed E-state index contributed by atoms with van der Waals surface area (Å²) in [4.78, 5) is 25.3. The average Bonchev–Trinajstić information content (AvgIpc) is 2.62. The van der Waals surface area contributed by atoms with Gasteiger partial charge in [-0.15, -0.1) is 13.2 Å². The molecule has 6 nitrogen and oxygen atoms in total. The van der Waals surface area contributed by atoms with Crippen LogP contribution in [0.3, 0.4) is 0 Å². The molecule has 0 atom stereocenters. The maximum Gasteiger partial charge on any atom is 0.573 e. The second-order valence-electron chi connectivity index (χ2n) is 6.24. The van der Waals surface area contributed by atoms with Crippen molar-refractivity contribution in [3.8, 4) is 5.75 Å². The van der Waals surface area contributed by atoms with E-state index in [4.69, 9.17) is 0 Å². The van der Waals surface area contributed by atoms with Crippen molar-refractivity contribution in [3.05, 3.63) is 64.6 Å². The first-order chi connectivity index (χ1) is 13.2. The maximum atomic E-state index is 12.8. The van der Waals surface area contributed by atoms with Crippen LogP contribution in [0.2, 0.25) is 0 Å². The molecule has 0 aliphatic carbocycles. The van der Waals surface area contributed by atoms with Crippen molar-refractivity contribution in [1.29, 1.82) is 0 Å². The van der Waals surface area contributed by atoms with Crippen LogP contribution in [0.15, 0.2) is 53.3 Å². The molecular formula is C19H16F3N3O3. The third kappa shape index (κ3) is 3.98. The molecule has 9 heteroatoms.